The lowest BCUT2D eigenvalue weighted by Crippen LogP contribution is -2.40. The molecule has 1 aliphatic rings. The number of carbonyl (C=O) groups excluding carboxylic acids is 1. The lowest BCUT2D eigenvalue weighted by molar-refractivity contribution is -0.125. The summed E-state index contributed by atoms with van der Waals surface area (Å²) in [6.45, 7) is 4.65. The van der Waals surface area contributed by atoms with Crippen molar-refractivity contribution in [2.75, 3.05) is 24.5 Å². The molecule has 5 heteroatoms. The van der Waals surface area contributed by atoms with Crippen LogP contribution in [0.1, 0.15) is 45.4 Å². The second-order valence-electron chi connectivity index (χ2n) is 6.58. The number of hydrogen-bond acceptors (Lipinski definition) is 4. The van der Waals surface area contributed by atoms with E-state index in [0.717, 1.165) is 50.0 Å². The Bertz CT molecular complexity index is 626. The molecule has 0 aliphatic carbocycles. The van der Waals surface area contributed by atoms with Crippen molar-refractivity contribution in [2.24, 2.45) is 5.92 Å². The van der Waals surface area contributed by atoms with Gasteiger partial charge in [0.1, 0.15) is 5.52 Å². The first-order valence-electron chi connectivity index (χ1n) is 9.16. The number of unbranched alkanes of at least 4 members (excludes halogenated alkanes) is 3. The number of para-hydroxylation sites is 2. The van der Waals surface area contributed by atoms with Crippen molar-refractivity contribution in [3.8, 4) is 0 Å². The third kappa shape index (κ3) is 4.08. The smallest absolute Gasteiger partial charge is 0.298 e. The number of nitrogens with one attached hydrogen (secondary N) is 1. The van der Waals surface area contributed by atoms with Gasteiger partial charge >= 0.3 is 0 Å². The third-order valence-corrected chi connectivity index (χ3v) is 4.75. The standard InChI is InChI=1S/C19H27N3O2/c1-2-3-4-7-12-20-18(23)15-10-13-22(14-11-15)19-21-16-8-5-6-9-17(16)24-19/h5-6,8-9,15H,2-4,7,10-14H2,1H3,(H,20,23). The van der Waals surface area contributed by atoms with Crippen molar-refractivity contribution in [1.29, 1.82) is 0 Å². The minimum absolute atomic E-state index is 0.122. The second kappa shape index (κ2) is 8.18. The van der Waals surface area contributed by atoms with Crippen molar-refractivity contribution in [1.82, 2.24) is 10.3 Å². The van der Waals surface area contributed by atoms with Crippen molar-refractivity contribution in [3.63, 3.8) is 0 Å². The molecular formula is C19H27N3O2. The Morgan fingerprint density at radius 2 is 2.04 bits per heavy atom. The second-order valence-corrected chi connectivity index (χ2v) is 6.58. The van der Waals surface area contributed by atoms with Gasteiger partial charge in [0.15, 0.2) is 5.58 Å². The maximum Gasteiger partial charge on any atom is 0.298 e. The van der Waals surface area contributed by atoms with E-state index in [1.165, 1.54) is 19.3 Å². The van der Waals surface area contributed by atoms with Crippen LogP contribution in [-0.4, -0.2) is 30.5 Å². The fourth-order valence-corrected chi connectivity index (χ4v) is 3.24. The molecular weight excluding hydrogens is 302 g/mol. The maximum absolute atomic E-state index is 12.2. The van der Waals surface area contributed by atoms with E-state index in [2.05, 4.69) is 22.1 Å². The Hall–Kier alpha value is -2.04. The summed E-state index contributed by atoms with van der Waals surface area (Å²) >= 11 is 0. The molecule has 1 amide bonds. The quantitative estimate of drug-likeness (QED) is 0.786. The van der Waals surface area contributed by atoms with Gasteiger partial charge in [0, 0.05) is 25.6 Å². The van der Waals surface area contributed by atoms with E-state index < -0.39 is 0 Å². The predicted molar refractivity (Wildman–Crippen MR) is 96.1 cm³/mol. The highest BCUT2D eigenvalue weighted by molar-refractivity contribution is 5.79. The molecule has 130 valence electrons. The summed E-state index contributed by atoms with van der Waals surface area (Å²) in [6, 6.07) is 8.49. The molecule has 5 nitrogen and oxygen atoms in total. The first-order chi connectivity index (χ1) is 11.8. The van der Waals surface area contributed by atoms with Gasteiger partial charge in [-0.05, 0) is 31.4 Å². The van der Waals surface area contributed by atoms with Crippen LogP contribution in [0.25, 0.3) is 11.1 Å². The summed E-state index contributed by atoms with van der Waals surface area (Å²) in [5, 5.41) is 3.09. The average molecular weight is 329 g/mol. The lowest BCUT2D eigenvalue weighted by atomic mass is 9.96. The summed E-state index contributed by atoms with van der Waals surface area (Å²) in [7, 11) is 0. The van der Waals surface area contributed by atoms with Gasteiger partial charge in [-0.1, -0.05) is 38.3 Å². The summed E-state index contributed by atoms with van der Waals surface area (Å²) in [5.41, 5.74) is 1.71. The SMILES string of the molecule is CCCCCCNC(=O)C1CCN(c2nc3ccccc3o2)CC1. The fourth-order valence-electron chi connectivity index (χ4n) is 3.24. The summed E-state index contributed by atoms with van der Waals surface area (Å²) in [4.78, 5) is 18.9. The highest BCUT2D eigenvalue weighted by Gasteiger charge is 2.26. The Kier molecular flexibility index (Phi) is 5.72. The number of nitrogens with zero attached hydrogens (tertiary/aromatic N) is 2. The van der Waals surface area contributed by atoms with E-state index in [1.54, 1.807) is 0 Å². The molecule has 0 spiro atoms. The number of aromatic nitrogens is 1. The topological polar surface area (TPSA) is 58.4 Å². The van der Waals surface area contributed by atoms with Gasteiger partial charge < -0.3 is 14.6 Å². The zero-order valence-corrected chi connectivity index (χ0v) is 14.5. The monoisotopic (exact) mass is 329 g/mol. The molecule has 3 rings (SSSR count). The van der Waals surface area contributed by atoms with Gasteiger partial charge in [-0.15, -0.1) is 0 Å². The van der Waals surface area contributed by atoms with Gasteiger partial charge in [-0.25, -0.2) is 0 Å². The predicted octanol–water partition coefficient (Wildman–Crippen LogP) is 3.74. The molecule has 2 aromatic rings. The molecule has 1 fully saturated rings. The van der Waals surface area contributed by atoms with E-state index >= 15 is 0 Å². The minimum atomic E-state index is 0.122. The summed E-state index contributed by atoms with van der Waals surface area (Å²) in [5.74, 6) is 0.334. The first-order valence-corrected chi connectivity index (χ1v) is 9.16. The molecule has 0 saturated carbocycles. The van der Waals surface area contributed by atoms with Crippen LogP contribution < -0.4 is 10.2 Å². The highest BCUT2D eigenvalue weighted by atomic mass is 16.4. The van der Waals surface area contributed by atoms with Gasteiger partial charge in [0.2, 0.25) is 5.91 Å². The normalized spacial score (nSPS) is 15.8. The lowest BCUT2D eigenvalue weighted by Gasteiger charge is -2.30. The van der Waals surface area contributed by atoms with Crippen molar-refractivity contribution >= 4 is 23.0 Å². The molecule has 1 aliphatic heterocycles. The van der Waals surface area contributed by atoms with Crippen LogP contribution in [0.4, 0.5) is 6.01 Å². The Labute approximate surface area is 143 Å². The van der Waals surface area contributed by atoms with Gasteiger partial charge in [-0.3, -0.25) is 4.79 Å². The van der Waals surface area contributed by atoms with Crippen LogP contribution in [0.5, 0.6) is 0 Å². The number of carbonyl (C=O) groups is 1. The van der Waals surface area contributed by atoms with Crippen molar-refractivity contribution in [3.05, 3.63) is 24.3 Å². The number of anilines is 1. The molecule has 1 aromatic heterocycles. The fraction of sp³-hybridized carbons (Fsp3) is 0.579. The molecule has 0 atom stereocenters. The number of piperidine rings is 1. The summed E-state index contributed by atoms with van der Waals surface area (Å²) < 4.78 is 5.82. The number of oxazole rings is 1. The van der Waals surface area contributed by atoms with Crippen LogP contribution in [0.15, 0.2) is 28.7 Å². The number of rotatable bonds is 7. The molecule has 1 N–H and O–H groups in total. The van der Waals surface area contributed by atoms with Crippen LogP contribution >= 0.6 is 0 Å². The van der Waals surface area contributed by atoms with Gasteiger partial charge in [0.25, 0.3) is 6.01 Å². The van der Waals surface area contributed by atoms with Crippen molar-refractivity contribution in [2.45, 2.75) is 45.4 Å². The number of fused-ring (bicyclic) bond motifs is 1. The molecule has 0 radical (unpaired) electrons. The Morgan fingerprint density at radius 3 is 2.79 bits per heavy atom. The zero-order valence-electron chi connectivity index (χ0n) is 14.5. The van der Waals surface area contributed by atoms with Crippen LogP contribution in [-0.2, 0) is 4.79 Å². The Morgan fingerprint density at radius 1 is 1.25 bits per heavy atom. The number of hydrogen-bond donors (Lipinski definition) is 1. The largest absolute Gasteiger partial charge is 0.423 e. The minimum Gasteiger partial charge on any atom is -0.423 e. The van der Waals surface area contributed by atoms with E-state index in [9.17, 15) is 4.79 Å². The van der Waals surface area contributed by atoms with Crippen LogP contribution in [0.3, 0.4) is 0 Å². The molecule has 1 aromatic carbocycles. The number of benzene rings is 1. The third-order valence-electron chi connectivity index (χ3n) is 4.75. The molecule has 2 heterocycles. The van der Waals surface area contributed by atoms with E-state index in [0.29, 0.717) is 6.01 Å². The number of amides is 1. The van der Waals surface area contributed by atoms with Gasteiger partial charge in [0.05, 0.1) is 0 Å². The summed E-state index contributed by atoms with van der Waals surface area (Å²) in [6.07, 6.45) is 6.48. The van der Waals surface area contributed by atoms with Gasteiger partial charge in [-0.2, -0.15) is 4.98 Å². The first kappa shape index (κ1) is 16.8. The van der Waals surface area contributed by atoms with E-state index in [1.807, 2.05) is 24.3 Å². The molecule has 0 unspecified atom stereocenters. The van der Waals surface area contributed by atoms with Crippen molar-refractivity contribution < 1.29 is 9.21 Å². The molecule has 0 bridgehead atoms. The van der Waals surface area contributed by atoms with Crippen LogP contribution in [0, 0.1) is 5.92 Å². The molecule has 1 saturated heterocycles. The van der Waals surface area contributed by atoms with Crippen LogP contribution in [0.2, 0.25) is 0 Å². The average Bonchev–Trinajstić information content (AvgIpc) is 3.05. The zero-order chi connectivity index (χ0) is 16.8. The Balaban J connectivity index is 1.46. The maximum atomic E-state index is 12.2. The van der Waals surface area contributed by atoms with E-state index in [4.69, 9.17) is 4.42 Å². The highest BCUT2D eigenvalue weighted by Crippen LogP contribution is 2.26. The van der Waals surface area contributed by atoms with E-state index in [-0.39, 0.29) is 11.8 Å². The molecule has 24 heavy (non-hydrogen) atoms.